The van der Waals surface area contributed by atoms with E-state index in [0.717, 1.165) is 31.6 Å². The van der Waals surface area contributed by atoms with Crippen molar-refractivity contribution in [2.75, 3.05) is 24.6 Å². The molecule has 1 atom stereocenters. The second-order valence-corrected chi connectivity index (χ2v) is 4.89. The Kier molecular flexibility index (Phi) is 4.92. The number of ether oxygens (including phenoxy) is 1. The molecule has 2 rings (SSSR count). The summed E-state index contributed by atoms with van der Waals surface area (Å²) in [5, 5.41) is 20.2. The van der Waals surface area contributed by atoms with Crippen molar-refractivity contribution in [1.82, 2.24) is 0 Å². The average molecular weight is 280 g/mol. The van der Waals surface area contributed by atoms with Crippen LogP contribution in [0.1, 0.15) is 25.3 Å². The molecule has 0 radical (unpaired) electrons. The van der Waals surface area contributed by atoms with Crippen LogP contribution >= 0.6 is 0 Å². The van der Waals surface area contributed by atoms with Gasteiger partial charge in [-0.2, -0.15) is 0 Å². The van der Waals surface area contributed by atoms with E-state index in [1.807, 2.05) is 6.92 Å². The number of piperidine rings is 1. The molecule has 20 heavy (non-hydrogen) atoms. The van der Waals surface area contributed by atoms with E-state index >= 15 is 0 Å². The van der Waals surface area contributed by atoms with Crippen LogP contribution < -0.4 is 4.90 Å². The standard InChI is InChI=1S/C14H20N2O4/c1-2-20-13-4-3-7-15(9-13)14-6-5-12(16(18)19)8-11(14)10-17/h5-6,8,13,17H,2-4,7,9-10H2,1H3. The van der Waals surface area contributed by atoms with Crippen LogP contribution in [0, 0.1) is 10.1 Å². The van der Waals surface area contributed by atoms with Crippen LogP contribution in [0.25, 0.3) is 0 Å². The lowest BCUT2D eigenvalue weighted by Crippen LogP contribution is -2.40. The third kappa shape index (κ3) is 3.26. The summed E-state index contributed by atoms with van der Waals surface area (Å²) in [5.41, 5.74) is 1.47. The minimum absolute atomic E-state index is 0.0103. The van der Waals surface area contributed by atoms with E-state index in [9.17, 15) is 15.2 Å². The van der Waals surface area contributed by atoms with Crippen molar-refractivity contribution in [1.29, 1.82) is 0 Å². The van der Waals surface area contributed by atoms with Gasteiger partial charge in [0.1, 0.15) is 0 Å². The van der Waals surface area contributed by atoms with Crippen LogP contribution in [0.5, 0.6) is 0 Å². The van der Waals surface area contributed by atoms with Crippen molar-refractivity contribution in [3.63, 3.8) is 0 Å². The number of aliphatic hydroxyl groups excluding tert-OH is 1. The summed E-state index contributed by atoms with van der Waals surface area (Å²) in [6.07, 6.45) is 2.24. The first-order valence-electron chi connectivity index (χ1n) is 6.90. The molecule has 1 N–H and O–H groups in total. The van der Waals surface area contributed by atoms with Crippen LogP contribution in [-0.2, 0) is 11.3 Å². The lowest BCUT2D eigenvalue weighted by molar-refractivity contribution is -0.384. The fourth-order valence-electron chi connectivity index (χ4n) is 2.65. The molecule has 110 valence electrons. The Bertz CT molecular complexity index is 476. The Hall–Kier alpha value is -1.66. The van der Waals surface area contributed by atoms with Gasteiger partial charge in [0.05, 0.1) is 17.6 Å². The zero-order valence-corrected chi connectivity index (χ0v) is 11.6. The van der Waals surface area contributed by atoms with Crippen molar-refractivity contribution in [2.45, 2.75) is 32.5 Å². The van der Waals surface area contributed by atoms with E-state index in [0.29, 0.717) is 12.2 Å². The highest BCUT2D eigenvalue weighted by Crippen LogP contribution is 2.28. The molecule has 0 amide bonds. The number of aliphatic hydroxyl groups is 1. The highest BCUT2D eigenvalue weighted by Gasteiger charge is 2.22. The molecule has 1 aromatic rings. The zero-order valence-electron chi connectivity index (χ0n) is 11.6. The van der Waals surface area contributed by atoms with Gasteiger partial charge < -0.3 is 14.7 Å². The Labute approximate surface area is 118 Å². The van der Waals surface area contributed by atoms with Crippen molar-refractivity contribution in [2.24, 2.45) is 0 Å². The monoisotopic (exact) mass is 280 g/mol. The second-order valence-electron chi connectivity index (χ2n) is 4.89. The summed E-state index contributed by atoms with van der Waals surface area (Å²) in [4.78, 5) is 12.5. The Morgan fingerprint density at radius 1 is 1.55 bits per heavy atom. The van der Waals surface area contributed by atoms with Gasteiger partial charge in [0.15, 0.2) is 0 Å². The molecule has 1 aromatic carbocycles. The maximum Gasteiger partial charge on any atom is 0.269 e. The quantitative estimate of drug-likeness (QED) is 0.660. The summed E-state index contributed by atoms with van der Waals surface area (Å²) < 4.78 is 5.66. The van der Waals surface area contributed by atoms with Gasteiger partial charge in [0.2, 0.25) is 0 Å². The molecule has 0 saturated carbocycles. The van der Waals surface area contributed by atoms with Crippen molar-refractivity contribution in [3.05, 3.63) is 33.9 Å². The van der Waals surface area contributed by atoms with E-state index in [2.05, 4.69) is 4.90 Å². The largest absolute Gasteiger partial charge is 0.392 e. The fraction of sp³-hybridized carbons (Fsp3) is 0.571. The van der Waals surface area contributed by atoms with E-state index in [4.69, 9.17) is 4.74 Å². The number of rotatable bonds is 5. The SMILES string of the molecule is CCOC1CCCN(c2ccc([N+](=O)[O-])cc2CO)C1. The number of benzene rings is 1. The zero-order chi connectivity index (χ0) is 14.5. The van der Waals surface area contributed by atoms with E-state index in [-0.39, 0.29) is 18.4 Å². The fourth-order valence-corrected chi connectivity index (χ4v) is 2.65. The predicted octanol–water partition coefficient (Wildman–Crippen LogP) is 2.09. The van der Waals surface area contributed by atoms with Gasteiger partial charge >= 0.3 is 0 Å². The normalized spacial score (nSPS) is 19.1. The molecule has 1 saturated heterocycles. The molecular formula is C14H20N2O4. The predicted molar refractivity (Wildman–Crippen MR) is 75.9 cm³/mol. The maximum absolute atomic E-state index is 10.8. The first-order chi connectivity index (χ1) is 9.65. The van der Waals surface area contributed by atoms with Gasteiger partial charge in [-0.1, -0.05) is 0 Å². The van der Waals surface area contributed by atoms with Crippen LogP contribution in [-0.4, -0.2) is 35.8 Å². The Balaban J connectivity index is 2.20. The number of nitro groups is 1. The van der Waals surface area contributed by atoms with Gasteiger partial charge in [-0.05, 0) is 25.8 Å². The highest BCUT2D eigenvalue weighted by molar-refractivity contribution is 5.58. The minimum atomic E-state index is -0.442. The molecule has 0 bridgehead atoms. The molecule has 6 nitrogen and oxygen atoms in total. The third-order valence-corrected chi connectivity index (χ3v) is 3.57. The van der Waals surface area contributed by atoms with E-state index < -0.39 is 4.92 Å². The molecule has 1 heterocycles. The van der Waals surface area contributed by atoms with E-state index in [1.165, 1.54) is 12.1 Å². The number of nitrogens with zero attached hydrogens (tertiary/aromatic N) is 2. The van der Waals surface area contributed by atoms with Crippen molar-refractivity contribution < 1.29 is 14.8 Å². The lowest BCUT2D eigenvalue weighted by atomic mass is 10.0. The lowest BCUT2D eigenvalue weighted by Gasteiger charge is -2.35. The van der Waals surface area contributed by atoms with Crippen molar-refractivity contribution in [3.8, 4) is 0 Å². The number of nitro benzene ring substituents is 1. The highest BCUT2D eigenvalue weighted by atomic mass is 16.6. The van der Waals surface area contributed by atoms with E-state index in [1.54, 1.807) is 6.07 Å². The topological polar surface area (TPSA) is 75.8 Å². The third-order valence-electron chi connectivity index (χ3n) is 3.57. The molecule has 0 aliphatic carbocycles. The molecule has 0 aromatic heterocycles. The summed E-state index contributed by atoms with van der Waals surface area (Å²) in [7, 11) is 0. The molecule has 6 heteroatoms. The molecular weight excluding hydrogens is 260 g/mol. The first kappa shape index (κ1) is 14.7. The molecule has 1 aliphatic heterocycles. The summed E-state index contributed by atoms with van der Waals surface area (Å²) in [5.74, 6) is 0. The average Bonchev–Trinajstić information content (AvgIpc) is 2.47. The Morgan fingerprint density at radius 3 is 3.00 bits per heavy atom. The molecule has 1 unspecified atom stereocenters. The van der Waals surface area contributed by atoms with Gasteiger partial charge in [-0.3, -0.25) is 10.1 Å². The minimum Gasteiger partial charge on any atom is -0.392 e. The molecule has 0 spiro atoms. The summed E-state index contributed by atoms with van der Waals surface area (Å²) in [6, 6.07) is 4.65. The summed E-state index contributed by atoms with van der Waals surface area (Å²) >= 11 is 0. The Morgan fingerprint density at radius 2 is 2.35 bits per heavy atom. The van der Waals surface area contributed by atoms with Gasteiger partial charge in [0.25, 0.3) is 5.69 Å². The summed E-state index contributed by atoms with van der Waals surface area (Å²) in [6.45, 7) is 4.11. The smallest absolute Gasteiger partial charge is 0.269 e. The van der Waals surface area contributed by atoms with Crippen LogP contribution in [0.3, 0.4) is 0 Å². The number of anilines is 1. The molecule has 1 aliphatic rings. The van der Waals surface area contributed by atoms with Gasteiger partial charge in [-0.15, -0.1) is 0 Å². The van der Waals surface area contributed by atoms with Crippen LogP contribution in [0.4, 0.5) is 11.4 Å². The van der Waals surface area contributed by atoms with Gasteiger partial charge in [-0.25, -0.2) is 0 Å². The maximum atomic E-state index is 10.8. The number of non-ortho nitro benzene ring substituents is 1. The van der Waals surface area contributed by atoms with Gasteiger partial charge in [0, 0.05) is 43.1 Å². The number of hydrogen-bond acceptors (Lipinski definition) is 5. The second kappa shape index (κ2) is 6.67. The number of hydrogen-bond donors (Lipinski definition) is 1. The molecule has 1 fully saturated rings. The van der Waals surface area contributed by atoms with Crippen molar-refractivity contribution >= 4 is 11.4 Å². The van der Waals surface area contributed by atoms with Crippen LogP contribution in [0.15, 0.2) is 18.2 Å². The van der Waals surface area contributed by atoms with Crippen LogP contribution in [0.2, 0.25) is 0 Å². The first-order valence-corrected chi connectivity index (χ1v) is 6.90.